The van der Waals surface area contributed by atoms with Gasteiger partial charge in [-0.2, -0.15) is 0 Å². The molecule has 0 saturated carbocycles. The highest BCUT2D eigenvalue weighted by molar-refractivity contribution is 5.96. The van der Waals surface area contributed by atoms with Gasteiger partial charge in [-0.1, -0.05) is 170 Å². The van der Waals surface area contributed by atoms with Crippen molar-refractivity contribution >= 4 is 10.8 Å². The van der Waals surface area contributed by atoms with Crippen LogP contribution in [0.5, 0.6) is 0 Å². The van der Waals surface area contributed by atoms with E-state index in [2.05, 4.69) is 152 Å². The minimum Gasteiger partial charge on any atom is -0.256 e. The average molecular weight is 665 g/mol. The Bertz CT molecular complexity index is 2650. The first-order valence-corrected chi connectivity index (χ1v) is 17.4. The molecule has 4 nitrogen and oxygen atoms in total. The lowest BCUT2D eigenvalue weighted by molar-refractivity contribution is 1.07. The fraction of sp³-hybridized carbons (Fsp3) is 0. The summed E-state index contributed by atoms with van der Waals surface area (Å²) in [7, 11) is 0. The van der Waals surface area contributed by atoms with Crippen LogP contribution in [-0.4, -0.2) is 19.9 Å². The van der Waals surface area contributed by atoms with E-state index in [0.717, 1.165) is 55.8 Å². The Hall–Kier alpha value is -7.04. The molecule has 0 fully saturated rings. The maximum Gasteiger partial charge on any atom is 0.164 e. The zero-order chi connectivity index (χ0) is 34.7. The molecule has 0 spiro atoms. The summed E-state index contributed by atoms with van der Waals surface area (Å²) in [6, 6.07) is 65.0. The highest BCUT2D eigenvalue weighted by atomic mass is 15.0. The Balaban J connectivity index is 1.05. The summed E-state index contributed by atoms with van der Waals surface area (Å²) in [5, 5.41) is 2.41. The number of rotatable bonds is 7. The lowest BCUT2D eigenvalue weighted by atomic mass is 9.97. The van der Waals surface area contributed by atoms with Gasteiger partial charge in [0.15, 0.2) is 17.5 Å². The van der Waals surface area contributed by atoms with Crippen molar-refractivity contribution in [2.24, 2.45) is 0 Å². The number of aromatic nitrogens is 4. The SMILES string of the molecule is c1ccc(-c2ccc(-c3nc(-c4ccccc4)nc(-c4cccc(-c5cccc(-c6ccc(-c7cccc8ccccc78)nc6)c5)c4)n3)cc2)cc1. The van der Waals surface area contributed by atoms with Gasteiger partial charge in [-0.3, -0.25) is 4.98 Å². The minimum absolute atomic E-state index is 0.627. The maximum atomic E-state index is 5.02. The first-order valence-electron chi connectivity index (χ1n) is 17.4. The molecule has 0 radical (unpaired) electrons. The third kappa shape index (κ3) is 6.26. The van der Waals surface area contributed by atoms with Crippen molar-refractivity contribution in [3.05, 3.63) is 194 Å². The van der Waals surface area contributed by atoms with E-state index < -0.39 is 0 Å². The molecule has 2 aromatic heterocycles. The maximum absolute atomic E-state index is 5.02. The Morgan fingerprint density at radius 1 is 0.288 bits per heavy atom. The van der Waals surface area contributed by atoms with E-state index in [1.807, 2.05) is 42.6 Å². The summed E-state index contributed by atoms with van der Waals surface area (Å²) in [5.41, 5.74) is 11.6. The summed E-state index contributed by atoms with van der Waals surface area (Å²) < 4.78 is 0. The molecule has 0 saturated heterocycles. The number of benzene rings is 7. The van der Waals surface area contributed by atoms with Gasteiger partial charge in [0.25, 0.3) is 0 Å². The van der Waals surface area contributed by atoms with Crippen LogP contribution < -0.4 is 0 Å². The van der Waals surface area contributed by atoms with Gasteiger partial charge >= 0.3 is 0 Å². The molecule has 7 aromatic carbocycles. The molecule has 0 amide bonds. The average Bonchev–Trinajstić information content (AvgIpc) is 3.24. The number of fused-ring (bicyclic) bond motifs is 1. The lowest BCUT2D eigenvalue weighted by Gasteiger charge is -2.11. The number of hydrogen-bond acceptors (Lipinski definition) is 4. The second kappa shape index (κ2) is 13.7. The van der Waals surface area contributed by atoms with E-state index in [1.54, 1.807) is 0 Å². The molecule has 52 heavy (non-hydrogen) atoms. The van der Waals surface area contributed by atoms with E-state index >= 15 is 0 Å². The van der Waals surface area contributed by atoms with Crippen molar-refractivity contribution in [2.45, 2.75) is 0 Å². The largest absolute Gasteiger partial charge is 0.256 e. The molecule has 0 N–H and O–H groups in total. The van der Waals surface area contributed by atoms with Crippen LogP contribution in [0.15, 0.2) is 194 Å². The molecule has 0 atom stereocenters. The molecule has 2 heterocycles. The summed E-state index contributed by atoms with van der Waals surface area (Å²) in [6.07, 6.45) is 1.97. The third-order valence-corrected chi connectivity index (χ3v) is 9.40. The number of hydrogen-bond donors (Lipinski definition) is 0. The third-order valence-electron chi connectivity index (χ3n) is 9.40. The Morgan fingerprint density at radius 2 is 0.731 bits per heavy atom. The second-order valence-electron chi connectivity index (χ2n) is 12.7. The molecule has 0 aliphatic heterocycles. The molecule has 0 unspecified atom stereocenters. The van der Waals surface area contributed by atoms with Crippen LogP contribution >= 0.6 is 0 Å². The van der Waals surface area contributed by atoms with Gasteiger partial charge in [0.1, 0.15) is 0 Å². The van der Waals surface area contributed by atoms with E-state index in [9.17, 15) is 0 Å². The smallest absolute Gasteiger partial charge is 0.164 e. The van der Waals surface area contributed by atoms with E-state index in [1.165, 1.54) is 16.3 Å². The zero-order valence-electron chi connectivity index (χ0n) is 28.3. The summed E-state index contributed by atoms with van der Waals surface area (Å²) in [5.74, 6) is 1.90. The summed E-state index contributed by atoms with van der Waals surface area (Å²) in [6.45, 7) is 0. The first kappa shape index (κ1) is 31.0. The molecular weight excluding hydrogens is 633 g/mol. The van der Waals surface area contributed by atoms with Crippen molar-refractivity contribution in [3.8, 4) is 78.8 Å². The standard InChI is InChI=1S/C48H32N4/c1-3-12-33(13-4-1)34-24-26-37(27-25-34)47-50-46(36-15-5-2-6-16-36)51-48(52-47)41-21-10-19-39(31-41)38-18-9-20-40(30-38)42-28-29-45(49-32-42)44-23-11-17-35-14-7-8-22-43(35)44/h1-32H. The van der Waals surface area contributed by atoms with Crippen molar-refractivity contribution in [1.82, 2.24) is 19.9 Å². The first-order chi connectivity index (χ1) is 25.7. The van der Waals surface area contributed by atoms with Crippen molar-refractivity contribution in [2.75, 3.05) is 0 Å². The van der Waals surface area contributed by atoms with Crippen LogP contribution in [-0.2, 0) is 0 Å². The van der Waals surface area contributed by atoms with Crippen molar-refractivity contribution in [1.29, 1.82) is 0 Å². The van der Waals surface area contributed by atoms with Crippen molar-refractivity contribution < 1.29 is 0 Å². The zero-order valence-corrected chi connectivity index (χ0v) is 28.3. The van der Waals surface area contributed by atoms with Gasteiger partial charge in [-0.25, -0.2) is 15.0 Å². The van der Waals surface area contributed by atoms with Gasteiger partial charge in [-0.05, 0) is 56.8 Å². The molecular formula is C48H32N4. The molecule has 244 valence electrons. The molecule has 4 heteroatoms. The molecule has 9 aromatic rings. The highest BCUT2D eigenvalue weighted by Crippen LogP contribution is 2.33. The van der Waals surface area contributed by atoms with Crippen LogP contribution in [0.3, 0.4) is 0 Å². The quantitative estimate of drug-likeness (QED) is 0.170. The Morgan fingerprint density at radius 3 is 1.40 bits per heavy atom. The fourth-order valence-corrected chi connectivity index (χ4v) is 6.68. The van der Waals surface area contributed by atoms with Crippen molar-refractivity contribution in [3.63, 3.8) is 0 Å². The Labute approximate surface area is 302 Å². The molecule has 9 rings (SSSR count). The van der Waals surface area contributed by atoms with Crippen LogP contribution in [0, 0.1) is 0 Å². The van der Waals surface area contributed by atoms with Gasteiger partial charge in [0.05, 0.1) is 5.69 Å². The fourth-order valence-electron chi connectivity index (χ4n) is 6.68. The van der Waals surface area contributed by atoms with E-state index in [0.29, 0.717) is 17.5 Å². The minimum atomic E-state index is 0.627. The molecule has 0 bridgehead atoms. The van der Waals surface area contributed by atoms with E-state index in [4.69, 9.17) is 19.9 Å². The van der Waals surface area contributed by atoms with Gasteiger partial charge < -0.3 is 0 Å². The second-order valence-corrected chi connectivity index (χ2v) is 12.7. The van der Waals surface area contributed by atoms with Crippen LogP contribution in [0.4, 0.5) is 0 Å². The predicted molar refractivity (Wildman–Crippen MR) is 213 cm³/mol. The summed E-state index contributed by atoms with van der Waals surface area (Å²) >= 11 is 0. The lowest BCUT2D eigenvalue weighted by Crippen LogP contribution is -2.00. The number of nitrogens with zero attached hydrogens (tertiary/aromatic N) is 4. The van der Waals surface area contributed by atoms with Crippen LogP contribution in [0.1, 0.15) is 0 Å². The topological polar surface area (TPSA) is 51.6 Å². The highest BCUT2D eigenvalue weighted by Gasteiger charge is 2.14. The van der Waals surface area contributed by atoms with Gasteiger partial charge in [-0.15, -0.1) is 0 Å². The van der Waals surface area contributed by atoms with Crippen LogP contribution in [0.25, 0.3) is 89.6 Å². The number of pyridine rings is 1. The normalized spacial score (nSPS) is 11.1. The predicted octanol–water partition coefficient (Wildman–Crippen LogP) is 12.1. The van der Waals surface area contributed by atoms with Crippen LogP contribution in [0.2, 0.25) is 0 Å². The molecule has 0 aliphatic rings. The Kier molecular flexibility index (Phi) is 8.16. The monoisotopic (exact) mass is 664 g/mol. The van der Waals surface area contributed by atoms with Gasteiger partial charge in [0.2, 0.25) is 0 Å². The van der Waals surface area contributed by atoms with Gasteiger partial charge in [0, 0.05) is 34.0 Å². The molecule has 0 aliphatic carbocycles. The van der Waals surface area contributed by atoms with E-state index in [-0.39, 0.29) is 0 Å². The summed E-state index contributed by atoms with van der Waals surface area (Å²) in [4.78, 5) is 19.8.